The molecule has 0 spiro atoms. The van der Waals surface area contributed by atoms with Crippen molar-refractivity contribution in [2.45, 2.75) is 0 Å². The van der Waals surface area contributed by atoms with E-state index in [0.717, 1.165) is 22.7 Å². The van der Waals surface area contributed by atoms with E-state index < -0.39 is 0 Å². The highest BCUT2D eigenvalue weighted by atomic mass is 32.1. The Balaban J connectivity index is 1.04. The topological polar surface area (TPSA) is 8.17 Å². The predicted molar refractivity (Wildman–Crippen MR) is 237 cm³/mol. The lowest BCUT2D eigenvalue weighted by atomic mass is 10.00. The zero-order valence-corrected chi connectivity index (χ0v) is 30.7. The first-order valence-corrected chi connectivity index (χ1v) is 19.6. The van der Waals surface area contributed by atoms with E-state index in [4.69, 9.17) is 0 Å². The summed E-state index contributed by atoms with van der Waals surface area (Å²) in [5.74, 6) is 0. The predicted octanol–water partition coefficient (Wildman–Crippen LogP) is 15.1. The van der Waals surface area contributed by atoms with Crippen molar-refractivity contribution in [2.75, 3.05) is 4.90 Å². The number of thiophene rings is 1. The molecule has 0 radical (unpaired) electrons. The van der Waals surface area contributed by atoms with Gasteiger partial charge in [0.25, 0.3) is 0 Å². The van der Waals surface area contributed by atoms with Gasteiger partial charge in [-0.25, -0.2) is 0 Å². The lowest BCUT2D eigenvalue weighted by Crippen LogP contribution is -2.09. The number of rotatable bonds is 6. The third-order valence-corrected chi connectivity index (χ3v) is 12.1. The summed E-state index contributed by atoms with van der Waals surface area (Å²) in [7, 11) is 0. The minimum atomic E-state index is 1.12. The van der Waals surface area contributed by atoms with Gasteiger partial charge in [-0.15, -0.1) is 11.3 Å². The molecule has 0 saturated carbocycles. The van der Waals surface area contributed by atoms with Crippen molar-refractivity contribution in [3.63, 3.8) is 0 Å². The third kappa shape index (κ3) is 5.40. The van der Waals surface area contributed by atoms with Crippen molar-refractivity contribution >= 4 is 81.1 Å². The summed E-state index contributed by atoms with van der Waals surface area (Å²) >= 11 is 1.86. The number of fused-ring (bicyclic) bond motifs is 7. The van der Waals surface area contributed by atoms with Gasteiger partial charge in [0.15, 0.2) is 0 Å². The first kappa shape index (κ1) is 31.6. The molecule has 3 heteroatoms. The van der Waals surface area contributed by atoms with Crippen molar-refractivity contribution in [2.24, 2.45) is 0 Å². The molecular weight excluding hydrogens is 685 g/mol. The monoisotopic (exact) mass is 718 g/mol. The van der Waals surface area contributed by atoms with E-state index in [1.54, 1.807) is 0 Å². The average molecular weight is 719 g/mol. The number of benzene rings is 9. The van der Waals surface area contributed by atoms with Crippen LogP contribution in [0.15, 0.2) is 206 Å². The van der Waals surface area contributed by atoms with E-state index in [1.165, 1.54) is 75.0 Å². The summed E-state index contributed by atoms with van der Waals surface area (Å²) in [6.07, 6.45) is 0. The molecule has 0 atom stereocenters. The summed E-state index contributed by atoms with van der Waals surface area (Å²) in [6.45, 7) is 0. The molecule has 9 aromatic carbocycles. The Kier molecular flexibility index (Phi) is 7.39. The van der Waals surface area contributed by atoms with Crippen LogP contribution in [0.5, 0.6) is 0 Å². The lowest BCUT2D eigenvalue weighted by Gasteiger charge is -2.26. The number of para-hydroxylation sites is 1. The second kappa shape index (κ2) is 12.9. The molecule has 11 rings (SSSR count). The molecule has 0 N–H and O–H groups in total. The second-order valence-corrected chi connectivity index (χ2v) is 15.3. The van der Waals surface area contributed by atoms with Crippen molar-refractivity contribution in [1.29, 1.82) is 0 Å². The maximum absolute atomic E-state index is 2.39. The molecular formula is C52H34N2S. The van der Waals surface area contributed by atoms with E-state index in [9.17, 15) is 0 Å². The summed E-state index contributed by atoms with van der Waals surface area (Å²) < 4.78 is 5.00. The Morgan fingerprint density at radius 3 is 1.62 bits per heavy atom. The highest BCUT2D eigenvalue weighted by Crippen LogP contribution is 2.42. The highest BCUT2D eigenvalue weighted by molar-refractivity contribution is 7.25. The fraction of sp³-hybridized carbons (Fsp3) is 0. The van der Waals surface area contributed by atoms with Crippen molar-refractivity contribution in [1.82, 2.24) is 4.57 Å². The summed E-state index contributed by atoms with van der Waals surface area (Å²) in [5.41, 5.74) is 11.8. The molecule has 55 heavy (non-hydrogen) atoms. The van der Waals surface area contributed by atoms with Crippen LogP contribution in [0, 0.1) is 0 Å². The quantitative estimate of drug-likeness (QED) is 0.166. The smallest absolute Gasteiger partial charge is 0.0541 e. The molecule has 2 heterocycles. The van der Waals surface area contributed by atoms with Gasteiger partial charge in [-0.1, -0.05) is 127 Å². The Morgan fingerprint density at radius 2 is 0.873 bits per heavy atom. The third-order valence-electron chi connectivity index (χ3n) is 11.0. The van der Waals surface area contributed by atoms with E-state index in [1.807, 2.05) is 11.3 Å². The van der Waals surface area contributed by atoms with Gasteiger partial charge in [0.2, 0.25) is 0 Å². The van der Waals surface area contributed by atoms with Gasteiger partial charge < -0.3 is 9.47 Å². The van der Waals surface area contributed by atoms with Gasteiger partial charge in [0, 0.05) is 53.7 Å². The van der Waals surface area contributed by atoms with E-state index in [0.29, 0.717) is 0 Å². The van der Waals surface area contributed by atoms with Crippen LogP contribution in [0.4, 0.5) is 17.1 Å². The molecule has 258 valence electrons. The van der Waals surface area contributed by atoms with Crippen LogP contribution in [-0.2, 0) is 0 Å². The molecule has 2 nitrogen and oxygen atoms in total. The van der Waals surface area contributed by atoms with Gasteiger partial charge in [0.1, 0.15) is 0 Å². The SMILES string of the molecule is c1ccc(-c2ccc3c(c2)c2cc(-c4ccc(N(c5ccc6ccccc6c5)c5ccc6c(c5)sc5ccccc56)cc4)ccc2n3-c2ccccc2)cc1. The average Bonchev–Trinajstić information content (AvgIpc) is 3.79. The minimum Gasteiger partial charge on any atom is -0.310 e. The molecule has 0 bridgehead atoms. The molecule has 0 aliphatic heterocycles. The number of nitrogens with zero attached hydrogens (tertiary/aromatic N) is 2. The number of hydrogen-bond acceptors (Lipinski definition) is 2. The summed E-state index contributed by atoms with van der Waals surface area (Å²) in [5, 5.41) is 7.57. The van der Waals surface area contributed by atoms with Crippen LogP contribution in [0.25, 0.3) is 80.7 Å². The maximum atomic E-state index is 2.39. The van der Waals surface area contributed by atoms with Crippen molar-refractivity contribution in [3.8, 4) is 27.9 Å². The van der Waals surface area contributed by atoms with Gasteiger partial charge in [-0.05, 0) is 112 Å². The Bertz CT molecular complexity index is 3190. The molecule has 0 fully saturated rings. The zero-order valence-electron chi connectivity index (χ0n) is 29.9. The summed E-state index contributed by atoms with van der Waals surface area (Å²) in [4.78, 5) is 2.39. The van der Waals surface area contributed by atoms with Crippen LogP contribution < -0.4 is 4.90 Å². The van der Waals surface area contributed by atoms with Crippen LogP contribution >= 0.6 is 11.3 Å². The Hall–Kier alpha value is -6.94. The highest BCUT2D eigenvalue weighted by Gasteiger charge is 2.17. The van der Waals surface area contributed by atoms with Gasteiger partial charge in [-0.2, -0.15) is 0 Å². The van der Waals surface area contributed by atoms with Gasteiger partial charge in [0.05, 0.1) is 11.0 Å². The fourth-order valence-electron chi connectivity index (χ4n) is 8.29. The molecule has 0 unspecified atom stereocenters. The first-order chi connectivity index (χ1) is 27.2. The minimum absolute atomic E-state index is 1.12. The van der Waals surface area contributed by atoms with E-state index >= 15 is 0 Å². The largest absolute Gasteiger partial charge is 0.310 e. The maximum Gasteiger partial charge on any atom is 0.0541 e. The van der Waals surface area contributed by atoms with Crippen molar-refractivity contribution < 1.29 is 0 Å². The normalized spacial score (nSPS) is 11.6. The molecule has 11 aromatic rings. The molecule has 0 aliphatic carbocycles. The van der Waals surface area contributed by atoms with E-state index in [2.05, 4.69) is 216 Å². The Labute approximate surface area is 323 Å². The standard InChI is InChI=1S/C52H34N2S/c1-3-11-35(12-4-1)39-22-29-49-47(32-39)48-33-40(23-30-50(48)54(49)41-15-5-2-6-16-41)37-19-24-42(25-20-37)53(43-26-21-36-13-7-8-14-38(36)31-43)44-27-28-46-45-17-9-10-18-51(45)55-52(46)34-44/h1-34H. The molecule has 0 aliphatic rings. The fourth-order valence-corrected chi connectivity index (χ4v) is 9.43. The van der Waals surface area contributed by atoms with Crippen LogP contribution in [-0.4, -0.2) is 4.57 Å². The van der Waals surface area contributed by atoms with E-state index in [-0.39, 0.29) is 0 Å². The molecule has 0 amide bonds. The number of hydrogen-bond donors (Lipinski definition) is 0. The van der Waals surface area contributed by atoms with Gasteiger partial charge in [-0.3, -0.25) is 0 Å². The molecule has 2 aromatic heterocycles. The number of anilines is 3. The second-order valence-electron chi connectivity index (χ2n) is 14.2. The zero-order chi connectivity index (χ0) is 36.3. The van der Waals surface area contributed by atoms with Crippen LogP contribution in [0.2, 0.25) is 0 Å². The van der Waals surface area contributed by atoms with Crippen LogP contribution in [0.3, 0.4) is 0 Å². The summed E-state index contributed by atoms with van der Waals surface area (Å²) in [6, 6.07) is 75.2. The first-order valence-electron chi connectivity index (χ1n) is 18.7. The number of aromatic nitrogens is 1. The van der Waals surface area contributed by atoms with Gasteiger partial charge >= 0.3 is 0 Å². The molecule has 0 saturated heterocycles. The van der Waals surface area contributed by atoms with Crippen LogP contribution in [0.1, 0.15) is 0 Å². The van der Waals surface area contributed by atoms with Crippen molar-refractivity contribution in [3.05, 3.63) is 206 Å². The lowest BCUT2D eigenvalue weighted by molar-refractivity contribution is 1.18. The Morgan fingerprint density at radius 1 is 0.327 bits per heavy atom.